The third-order valence-electron chi connectivity index (χ3n) is 7.89. The standard InChI is InChI=1S/C28H32N2O5/c31-25(30-28(12-5-13-28)16-26(32)33)15-18-10-11-19(14-18)29-27(34)35-17-24-22-8-3-1-6-20(22)21-7-2-4-9-23(21)24/h1-4,6-9,18-19,24H,5,10-17H2,(H,29,34)(H,30,31)(H,32,33). The van der Waals surface area contributed by atoms with E-state index < -0.39 is 17.6 Å². The van der Waals surface area contributed by atoms with Gasteiger partial charge in [-0.2, -0.15) is 0 Å². The number of carbonyl (C=O) groups is 3. The molecule has 2 aromatic rings. The molecule has 0 spiro atoms. The van der Waals surface area contributed by atoms with Crippen LogP contribution in [-0.2, 0) is 14.3 Å². The fraction of sp³-hybridized carbons (Fsp3) is 0.464. The maximum atomic E-state index is 12.6. The summed E-state index contributed by atoms with van der Waals surface area (Å²) < 4.78 is 5.66. The molecule has 0 aliphatic heterocycles. The highest BCUT2D eigenvalue weighted by molar-refractivity contribution is 5.80. The Morgan fingerprint density at radius 1 is 0.971 bits per heavy atom. The van der Waals surface area contributed by atoms with E-state index in [4.69, 9.17) is 9.84 Å². The van der Waals surface area contributed by atoms with Crippen molar-refractivity contribution in [1.29, 1.82) is 0 Å². The molecule has 5 rings (SSSR count). The van der Waals surface area contributed by atoms with Gasteiger partial charge in [0.25, 0.3) is 0 Å². The van der Waals surface area contributed by atoms with E-state index in [0.717, 1.165) is 38.5 Å². The summed E-state index contributed by atoms with van der Waals surface area (Å²) in [7, 11) is 0. The summed E-state index contributed by atoms with van der Waals surface area (Å²) in [6, 6.07) is 16.5. The van der Waals surface area contributed by atoms with E-state index in [1.165, 1.54) is 22.3 Å². The van der Waals surface area contributed by atoms with Crippen LogP contribution in [0.5, 0.6) is 0 Å². The zero-order chi connectivity index (χ0) is 24.4. The maximum absolute atomic E-state index is 12.6. The summed E-state index contributed by atoms with van der Waals surface area (Å²) in [6.07, 6.45) is 4.71. The molecule has 0 saturated heterocycles. The van der Waals surface area contributed by atoms with Gasteiger partial charge < -0.3 is 20.5 Å². The Morgan fingerprint density at radius 3 is 2.23 bits per heavy atom. The lowest BCUT2D eigenvalue weighted by molar-refractivity contribution is -0.140. The number of carboxylic acids is 1. The van der Waals surface area contributed by atoms with Crippen molar-refractivity contribution < 1.29 is 24.2 Å². The molecule has 3 aliphatic rings. The SMILES string of the molecule is O=C(O)CC1(NC(=O)CC2CCC(NC(=O)OCC3c4ccccc4-c4ccccc43)C2)CCC1. The highest BCUT2D eigenvalue weighted by Gasteiger charge is 2.41. The Labute approximate surface area is 205 Å². The molecule has 0 aromatic heterocycles. The zero-order valence-corrected chi connectivity index (χ0v) is 19.8. The number of alkyl carbamates (subject to hydrolysis) is 1. The van der Waals surface area contributed by atoms with Gasteiger partial charge in [0.1, 0.15) is 6.61 Å². The summed E-state index contributed by atoms with van der Waals surface area (Å²) in [5.74, 6) is -0.760. The smallest absolute Gasteiger partial charge is 0.407 e. The monoisotopic (exact) mass is 476 g/mol. The van der Waals surface area contributed by atoms with E-state index in [2.05, 4.69) is 34.9 Å². The Bertz CT molecular complexity index is 1080. The second-order valence-electron chi connectivity index (χ2n) is 10.3. The van der Waals surface area contributed by atoms with Crippen LogP contribution in [0.4, 0.5) is 4.79 Å². The molecule has 0 heterocycles. The number of hydrogen-bond donors (Lipinski definition) is 3. The molecular formula is C28H32N2O5. The number of rotatable bonds is 8. The molecule has 3 N–H and O–H groups in total. The topological polar surface area (TPSA) is 105 Å². The molecule has 0 bridgehead atoms. The van der Waals surface area contributed by atoms with Crippen LogP contribution in [-0.4, -0.2) is 41.3 Å². The van der Waals surface area contributed by atoms with E-state index in [0.29, 0.717) is 6.42 Å². The number of hydrogen-bond acceptors (Lipinski definition) is 4. The molecule has 2 saturated carbocycles. The second-order valence-corrected chi connectivity index (χ2v) is 10.3. The van der Waals surface area contributed by atoms with Crippen LogP contribution >= 0.6 is 0 Å². The molecule has 7 nitrogen and oxygen atoms in total. The van der Waals surface area contributed by atoms with Gasteiger partial charge in [-0.05, 0) is 66.7 Å². The van der Waals surface area contributed by atoms with Crippen LogP contribution in [0.3, 0.4) is 0 Å². The van der Waals surface area contributed by atoms with Gasteiger partial charge in [-0.3, -0.25) is 9.59 Å². The summed E-state index contributed by atoms with van der Waals surface area (Å²) in [5.41, 5.74) is 4.18. The Kier molecular flexibility index (Phi) is 6.50. The fourth-order valence-corrected chi connectivity index (χ4v) is 6.05. The van der Waals surface area contributed by atoms with Gasteiger partial charge in [0.05, 0.1) is 12.0 Å². The third kappa shape index (κ3) is 5.04. The number of ether oxygens (including phenoxy) is 1. The number of amides is 2. The lowest BCUT2D eigenvalue weighted by atomic mass is 9.74. The van der Waals surface area contributed by atoms with Crippen molar-refractivity contribution in [1.82, 2.24) is 10.6 Å². The number of aliphatic carboxylic acids is 1. The first-order chi connectivity index (χ1) is 16.9. The Morgan fingerprint density at radius 2 is 1.63 bits per heavy atom. The minimum Gasteiger partial charge on any atom is -0.481 e. The summed E-state index contributed by atoms with van der Waals surface area (Å²) in [6.45, 7) is 0.282. The van der Waals surface area contributed by atoms with Gasteiger partial charge >= 0.3 is 12.1 Å². The fourth-order valence-electron chi connectivity index (χ4n) is 6.05. The van der Waals surface area contributed by atoms with Crippen molar-refractivity contribution in [3.63, 3.8) is 0 Å². The molecular weight excluding hydrogens is 444 g/mol. The first-order valence-corrected chi connectivity index (χ1v) is 12.6. The lowest BCUT2D eigenvalue weighted by Gasteiger charge is -2.41. The van der Waals surface area contributed by atoms with Gasteiger partial charge in [-0.15, -0.1) is 0 Å². The molecule has 3 aliphatic carbocycles. The predicted octanol–water partition coefficient (Wildman–Crippen LogP) is 4.60. The first-order valence-electron chi connectivity index (χ1n) is 12.6. The molecule has 184 valence electrons. The van der Waals surface area contributed by atoms with E-state index in [9.17, 15) is 14.4 Å². The molecule has 35 heavy (non-hydrogen) atoms. The Balaban J connectivity index is 1.09. The maximum Gasteiger partial charge on any atom is 0.407 e. The van der Waals surface area contributed by atoms with Gasteiger partial charge in [0, 0.05) is 18.4 Å². The van der Waals surface area contributed by atoms with E-state index in [1.807, 2.05) is 24.3 Å². The number of nitrogens with one attached hydrogen (secondary N) is 2. The zero-order valence-electron chi connectivity index (χ0n) is 19.8. The van der Waals surface area contributed by atoms with Crippen molar-refractivity contribution in [3.8, 4) is 11.1 Å². The third-order valence-corrected chi connectivity index (χ3v) is 7.89. The largest absolute Gasteiger partial charge is 0.481 e. The molecule has 2 fully saturated rings. The molecule has 7 heteroatoms. The number of benzene rings is 2. The summed E-state index contributed by atoms with van der Waals surface area (Å²) in [5, 5.41) is 15.1. The average molecular weight is 477 g/mol. The van der Waals surface area contributed by atoms with E-state index in [-0.39, 0.29) is 36.8 Å². The molecule has 2 unspecified atom stereocenters. The van der Waals surface area contributed by atoms with Crippen LogP contribution in [0.25, 0.3) is 11.1 Å². The van der Waals surface area contributed by atoms with Crippen molar-refractivity contribution >= 4 is 18.0 Å². The number of fused-ring (bicyclic) bond motifs is 3. The molecule has 2 aromatic carbocycles. The van der Waals surface area contributed by atoms with Crippen LogP contribution < -0.4 is 10.6 Å². The van der Waals surface area contributed by atoms with E-state index in [1.54, 1.807) is 0 Å². The van der Waals surface area contributed by atoms with Crippen molar-refractivity contribution in [2.45, 2.75) is 68.9 Å². The highest BCUT2D eigenvalue weighted by Crippen LogP contribution is 2.44. The minimum absolute atomic E-state index is 0.0138. The van der Waals surface area contributed by atoms with Crippen LogP contribution in [0.15, 0.2) is 48.5 Å². The normalized spacial score (nSPS) is 21.9. The lowest BCUT2D eigenvalue weighted by Crippen LogP contribution is -2.54. The highest BCUT2D eigenvalue weighted by atomic mass is 16.5. The van der Waals surface area contributed by atoms with E-state index >= 15 is 0 Å². The minimum atomic E-state index is -0.877. The first kappa shape index (κ1) is 23.4. The number of carbonyl (C=O) groups excluding carboxylic acids is 2. The number of carboxylic acid groups (broad SMARTS) is 1. The second kappa shape index (κ2) is 9.72. The van der Waals surface area contributed by atoms with Gasteiger partial charge in [-0.1, -0.05) is 48.5 Å². The molecule has 0 radical (unpaired) electrons. The molecule has 2 amide bonds. The van der Waals surface area contributed by atoms with Crippen LogP contribution in [0, 0.1) is 5.92 Å². The summed E-state index contributed by atoms with van der Waals surface area (Å²) >= 11 is 0. The van der Waals surface area contributed by atoms with Crippen LogP contribution in [0.1, 0.15) is 68.4 Å². The predicted molar refractivity (Wildman–Crippen MR) is 131 cm³/mol. The molecule has 2 atom stereocenters. The summed E-state index contributed by atoms with van der Waals surface area (Å²) in [4.78, 5) is 36.3. The van der Waals surface area contributed by atoms with Crippen molar-refractivity contribution in [3.05, 3.63) is 59.7 Å². The van der Waals surface area contributed by atoms with Crippen LogP contribution in [0.2, 0.25) is 0 Å². The van der Waals surface area contributed by atoms with Gasteiger partial charge in [-0.25, -0.2) is 4.79 Å². The van der Waals surface area contributed by atoms with Gasteiger partial charge in [0.2, 0.25) is 5.91 Å². The average Bonchev–Trinajstić information content (AvgIpc) is 3.37. The Hall–Kier alpha value is -3.35. The van der Waals surface area contributed by atoms with Crippen molar-refractivity contribution in [2.75, 3.05) is 6.61 Å². The van der Waals surface area contributed by atoms with Crippen molar-refractivity contribution in [2.24, 2.45) is 5.92 Å². The quantitative estimate of drug-likeness (QED) is 0.517. The van der Waals surface area contributed by atoms with Gasteiger partial charge in [0.15, 0.2) is 0 Å².